The van der Waals surface area contributed by atoms with E-state index in [1.807, 2.05) is 7.05 Å². The van der Waals surface area contributed by atoms with Gasteiger partial charge in [-0.05, 0) is 31.4 Å². The Morgan fingerprint density at radius 1 is 1.24 bits per heavy atom. The summed E-state index contributed by atoms with van der Waals surface area (Å²) in [6, 6.07) is 6.54. The lowest BCUT2D eigenvalue weighted by Crippen LogP contribution is -2.18. The first-order chi connectivity index (χ1) is 8.15. The molecule has 0 aromatic heterocycles. The second-order valence-electron chi connectivity index (χ2n) is 3.98. The summed E-state index contributed by atoms with van der Waals surface area (Å²) in [6.07, 6.45) is 2.83. The SMILES string of the molecule is CN(CCCCCO)c1ccc([N+](=O)[O-])cc1. The highest BCUT2D eigenvalue weighted by Crippen LogP contribution is 2.18. The largest absolute Gasteiger partial charge is 0.396 e. The molecule has 94 valence electrons. The highest BCUT2D eigenvalue weighted by Gasteiger charge is 2.06. The number of hydrogen-bond donors (Lipinski definition) is 1. The monoisotopic (exact) mass is 238 g/mol. The normalized spacial score (nSPS) is 10.2. The van der Waals surface area contributed by atoms with Gasteiger partial charge in [-0.3, -0.25) is 10.1 Å². The molecule has 0 aliphatic heterocycles. The van der Waals surface area contributed by atoms with Crippen molar-refractivity contribution in [2.45, 2.75) is 19.3 Å². The predicted molar refractivity (Wildman–Crippen MR) is 67.3 cm³/mol. The molecule has 0 spiro atoms. The van der Waals surface area contributed by atoms with Crippen LogP contribution in [0.3, 0.4) is 0 Å². The third-order valence-electron chi connectivity index (χ3n) is 2.65. The summed E-state index contributed by atoms with van der Waals surface area (Å²) in [5.74, 6) is 0. The molecule has 0 aliphatic carbocycles. The van der Waals surface area contributed by atoms with Crippen molar-refractivity contribution in [3.8, 4) is 0 Å². The number of nitro groups is 1. The highest BCUT2D eigenvalue weighted by molar-refractivity contribution is 5.50. The summed E-state index contributed by atoms with van der Waals surface area (Å²) >= 11 is 0. The molecule has 1 rings (SSSR count). The van der Waals surface area contributed by atoms with Gasteiger partial charge in [0.2, 0.25) is 0 Å². The first-order valence-electron chi connectivity index (χ1n) is 5.71. The topological polar surface area (TPSA) is 66.6 Å². The molecular formula is C12H18N2O3. The van der Waals surface area contributed by atoms with Gasteiger partial charge >= 0.3 is 0 Å². The molecule has 5 nitrogen and oxygen atoms in total. The second kappa shape index (κ2) is 6.85. The van der Waals surface area contributed by atoms with Crippen LogP contribution in [0.15, 0.2) is 24.3 Å². The maximum absolute atomic E-state index is 10.5. The third kappa shape index (κ3) is 4.40. The summed E-state index contributed by atoms with van der Waals surface area (Å²) in [7, 11) is 1.96. The van der Waals surface area contributed by atoms with Gasteiger partial charge in [-0.25, -0.2) is 0 Å². The van der Waals surface area contributed by atoms with Gasteiger partial charge < -0.3 is 10.0 Å². The molecule has 5 heteroatoms. The van der Waals surface area contributed by atoms with Crippen molar-refractivity contribution in [2.75, 3.05) is 25.1 Å². The average molecular weight is 238 g/mol. The number of anilines is 1. The molecule has 0 bridgehead atoms. The van der Waals surface area contributed by atoms with Gasteiger partial charge in [-0.15, -0.1) is 0 Å². The van der Waals surface area contributed by atoms with Crippen LogP contribution in [0.5, 0.6) is 0 Å². The van der Waals surface area contributed by atoms with Gasteiger partial charge in [0.1, 0.15) is 0 Å². The van der Waals surface area contributed by atoms with Gasteiger partial charge in [0.15, 0.2) is 0 Å². The number of benzene rings is 1. The van der Waals surface area contributed by atoms with Crippen molar-refractivity contribution in [1.29, 1.82) is 0 Å². The van der Waals surface area contributed by atoms with Gasteiger partial charge in [0.05, 0.1) is 4.92 Å². The number of rotatable bonds is 7. The van der Waals surface area contributed by atoms with Gasteiger partial charge in [-0.1, -0.05) is 0 Å². The number of aliphatic hydroxyl groups is 1. The van der Waals surface area contributed by atoms with Crippen molar-refractivity contribution in [2.24, 2.45) is 0 Å². The summed E-state index contributed by atoms with van der Waals surface area (Å²) in [5, 5.41) is 19.1. The van der Waals surface area contributed by atoms with Crippen molar-refractivity contribution in [1.82, 2.24) is 0 Å². The molecule has 0 aliphatic rings. The molecule has 0 saturated carbocycles. The molecule has 0 saturated heterocycles. The Labute approximate surface area is 101 Å². The maximum Gasteiger partial charge on any atom is 0.269 e. The Kier molecular flexibility index (Phi) is 5.42. The highest BCUT2D eigenvalue weighted by atomic mass is 16.6. The molecule has 1 aromatic carbocycles. The van der Waals surface area contributed by atoms with Crippen LogP contribution in [-0.4, -0.2) is 30.2 Å². The Morgan fingerprint density at radius 3 is 2.41 bits per heavy atom. The van der Waals surface area contributed by atoms with Crippen LogP contribution >= 0.6 is 0 Å². The van der Waals surface area contributed by atoms with E-state index < -0.39 is 4.92 Å². The van der Waals surface area contributed by atoms with E-state index in [-0.39, 0.29) is 12.3 Å². The smallest absolute Gasteiger partial charge is 0.269 e. The fourth-order valence-corrected chi connectivity index (χ4v) is 1.60. The van der Waals surface area contributed by atoms with Gasteiger partial charge in [0.25, 0.3) is 5.69 Å². The number of aliphatic hydroxyl groups excluding tert-OH is 1. The molecule has 0 fully saturated rings. The molecule has 1 aromatic rings. The third-order valence-corrected chi connectivity index (χ3v) is 2.65. The molecule has 0 amide bonds. The lowest BCUT2D eigenvalue weighted by molar-refractivity contribution is -0.384. The van der Waals surface area contributed by atoms with Crippen LogP contribution in [0.1, 0.15) is 19.3 Å². The summed E-state index contributed by atoms with van der Waals surface area (Å²) in [4.78, 5) is 12.2. The Hall–Kier alpha value is -1.62. The van der Waals surface area contributed by atoms with E-state index in [0.717, 1.165) is 31.5 Å². The van der Waals surface area contributed by atoms with E-state index >= 15 is 0 Å². The second-order valence-corrected chi connectivity index (χ2v) is 3.98. The minimum absolute atomic E-state index is 0.113. The molecule has 1 N–H and O–H groups in total. The minimum Gasteiger partial charge on any atom is -0.396 e. The first-order valence-corrected chi connectivity index (χ1v) is 5.71. The molecular weight excluding hydrogens is 220 g/mol. The number of nitrogens with zero attached hydrogens (tertiary/aromatic N) is 2. The number of nitro benzene ring substituents is 1. The van der Waals surface area contributed by atoms with Crippen LogP contribution < -0.4 is 4.90 Å². The Bertz CT molecular complexity index is 351. The lowest BCUT2D eigenvalue weighted by atomic mass is 10.2. The van der Waals surface area contributed by atoms with Crippen molar-refractivity contribution >= 4 is 11.4 Å². The lowest BCUT2D eigenvalue weighted by Gasteiger charge is -2.18. The van der Waals surface area contributed by atoms with Crippen LogP contribution in [0, 0.1) is 10.1 Å². The summed E-state index contributed by atoms with van der Waals surface area (Å²) in [6.45, 7) is 1.12. The first kappa shape index (κ1) is 13.4. The fourth-order valence-electron chi connectivity index (χ4n) is 1.60. The molecule has 0 radical (unpaired) electrons. The molecule has 0 unspecified atom stereocenters. The number of non-ortho nitro benzene ring substituents is 1. The van der Waals surface area contributed by atoms with E-state index in [1.165, 1.54) is 12.1 Å². The van der Waals surface area contributed by atoms with Crippen LogP contribution in [-0.2, 0) is 0 Å². The summed E-state index contributed by atoms with van der Waals surface area (Å²) < 4.78 is 0. The zero-order valence-electron chi connectivity index (χ0n) is 10.0. The Morgan fingerprint density at radius 2 is 1.88 bits per heavy atom. The fraction of sp³-hybridized carbons (Fsp3) is 0.500. The molecule has 0 atom stereocenters. The minimum atomic E-state index is -0.398. The zero-order valence-corrected chi connectivity index (χ0v) is 10.0. The molecule has 0 heterocycles. The van der Waals surface area contributed by atoms with E-state index in [1.54, 1.807) is 12.1 Å². The van der Waals surface area contributed by atoms with Crippen molar-refractivity contribution in [3.05, 3.63) is 34.4 Å². The quantitative estimate of drug-likeness (QED) is 0.449. The average Bonchev–Trinajstić information content (AvgIpc) is 2.34. The van der Waals surface area contributed by atoms with Gasteiger partial charge in [0, 0.05) is 38.0 Å². The summed E-state index contributed by atoms with van der Waals surface area (Å²) in [5.41, 5.74) is 1.09. The van der Waals surface area contributed by atoms with Gasteiger partial charge in [-0.2, -0.15) is 0 Å². The van der Waals surface area contributed by atoms with E-state index in [4.69, 9.17) is 5.11 Å². The van der Waals surface area contributed by atoms with E-state index in [0.29, 0.717) is 0 Å². The van der Waals surface area contributed by atoms with Crippen LogP contribution in [0.2, 0.25) is 0 Å². The molecule has 17 heavy (non-hydrogen) atoms. The predicted octanol–water partition coefficient (Wildman–Crippen LogP) is 2.19. The van der Waals surface area contributed by atoms with Crippen LogP contribution in [0.4, 0.5) is 11.4 Å². The Balaban J connectivity index is 2.46. The zero-order chi connectivity index (χ0) is 12.7. The standard InChI is InChI=1S/C12H18N2O3/c1-13(9-3-2-4-10-15)11-5-7-12(8-6-11)14(16)17/h5-8,15H,2-4,9-10H2,1H3. The van der Waals surface area contributed by atoms with Crippen molar-refractivity contribution < 1.29 is 10.0 Å². The van der Waals surface area contributed by atoms with E-state index in [2.05, 4.69) is 4.90 Å². The van der Waals surface area contributed by atoms with Crippen LogP contribution in [0.25, 0.3) is 0 Å². The maximum atomic E-state index is 10.5. The van der Waals surface area contributed by atoms with E-state index in [9.17, 15) is 10.1 Å². The van der Waals surface area contributed by atoms with Crippen molar-refractivity contribution in [3.63, 3.8) is 0 Å². The number of unbranched alkanes of at least 4 members (excludes halogenated alkanes) is 2. The number of hydrogen-bond acceptors (Lipinski definition) is 4.